The highest BCUT2D eigenvalue weighted by Crippen LogP contribution is 2.16. The fraction of sp³-hybridized carbons (Fsp3) is 0.385. The van der Waals surface area contributed by atoms with Crippen LogP contribution in [0.15, 0.2) is 41.9 Å². The minimum absolute atomic E-state index is 0.0570. The van der Waals surface area contributed by atoms with E-state index in [9.17, 15) is 0 Å². The van der Waals surface area contributed by atoms with Crippen LogP contribution in [0.25, 0.3) is 0 Å². The predicted molar refractivity (Wildman–Crippen MR) is 70.0 cm³/mol. The maximum absolute atomic E-state index is 3.95. The molecule has 0 spiro atoms. The highest BCUT2D eigenvalue weighted by molar-refractivity contribution is 8.02. The summed E-state index contributed by atoms with van der Waals surface area (Å²) in [6, 6.07) is 10.5. The number of hydrogen-bond acceptors (Lipinski definition) is 2. The molecule has 0 radical (unpaired) electrons. The quantitative estimate of drug-likeness (QED) is 0.817. The van der Waals surface area contributed by atoms with Gasteiger partial charge < -0.3 is 5.32 Å². The maximum atomic E-state index is 3.95. The van der Waals surface area contributed by atoms with Gasteiger partial charge in [-0.1, -0.05) is 36.9 Å². The van der Waals surface area contributed by atoms with E-state index in [0.29, 0.717) is 0 Å². The van der Waals surface area contributed by atoms with Gasteiger partial charge in [-0.2, -0.15) is 0 Å². The summed E-state index contributed by atoms with van der Waals surface area (Å²) in [4.78, 5) is 0. The van der Waals surface area contributed by atoms with E-state index in [1.165, 1.54) is 5.56 Å². The van der Waals surface area contributed by atoms with Crippen LogP contribution in [0.3, 0.4) is 0 Å². The zero-order chi connectivity index (χ0) is 11.3. The Kier molecular flexibility index (Phi) is 4.28. The maximum Gasteiger partial charge on any atom is 0.0609 e. The molecular formula is C13H19NS. The number of rotatable bonds is 5. The first kappa shape index (κ1) is 12.2. The predicted octanol–water partition coefficient (Wildman–Crippen LogP) is 3.43. The summed E-state index contributed by atoms with van der Waals surface area (Å²) < 4.78 is 0. The van der Waals surface area contributed by atoms with Gasteiger partial charge in [-0.3, -0.25) is 0 Å². The molecule has 0 saturated heterocycles. The van der Waals surface area contributed by atoms with Crippen LogP contribution in [-0.4, -0.2) is 11.8 Å². The lowest BCUT2D eigenvalue weighted by Gasteiger charge is -2.28. The molecule has 15 heavy (non-hydrogen) atoms. The minimum atomic E-state index is 0.0570. The van der Waals surface area contributed by atoms with Gasteiger partial charge in [0.2, 0.25) is 0 Å². The van der Waals surface area contributed by atoms with Crippen LogP contribution in [0, 0.1) is 0 Å². The topological polar surface area (TPSA) is 12.0 Å². The van der Waals surface area contributed by atoms with E-state index >= 15 is 0 Å². The lowest BCUT2D eigenvalue weighted by atomic mass is 9.95. The molecule has 0 fully saturated rings. The molecule has 1 N–H and O–H groups in total. The fourth-order valence-corrected chi connectivity index (χ4v) is 1.96. The Bertz CT molecular complexity index is 317. The van der Waals surface area contributed by atoms with Crippen molar-refractivity contribution < 1.29 is 0 Å². The van der Waals surface area contributed by atoms with Crippen LogP contribution < -0.4 is 5.32 Å². The second-order valence-corrected chi connectivity index (χ2v) is 5.20. The van der Waals surface area contributed by atoms with Gasteiger partial charge in [0.25, 0.3) is 0 Å². The molecule has 0 aliphatic rings. The van der Waals surface area contributed by atoms with Gasteiger partial charge in [-0.25, -0.2) is 0 Å². The number of benzene rings is 1. The molecule has 2 heteroatoms. The molecule has 1 rings (SSSR count). The van der Waals surface area contributed by atoms with Crippen molar-refractivity contribution in [1.82, 2.24) is 5.32 Å². The van der Waals surface area contributed by atoms with Gasteiger partial charge in [-0.15, -0.1) is 11.8 Å². The van der Waals surface area contributed by atoms with Crippen molar-refractivity contribution in [2.24, 2.45) is 0 Å². The van der Waals surface area contributed by atoms with Crippen LogP contribution in [0.5, 0.6) is 0 Å². The SMILES string of the molecule is C=C(NC(C)(C)Cc1ccccc1)SC. The third kappa shape index (κ3) is 4.43. The molecule has 1 aromatic rings. The average molecular weight is 221 g/mol. The van der Waals surface area contributed by atoms with Gasteiger partial charge in [0, 0.05) is 5.54 Å². The molecule has 1 aromatic carbocycles. The smallest absolute Gasteiger partial charge is 0.0609 e. The first-order valence-corrected chi connectivity index (χ1v) is 6.31. The second kappa shape index (κ2) is 5.26. The minimum Gasteiger partial charge on any atom is -0.375 e. The lowest BCUT2D eigenvalue weighted by Crippen LogP contribution is -2.39. The summed E-state index contributed by atoms with van der Waals surface area (Å²) >= 11 is 1.66. The molecule has 0 atom stereocenters. The molecule has 0 bridgehead atoms. The zero-order valence-electron chi connectivity index (χ0n) is 9.71. The zero-order valence-corrected chi connectivity index (χ0v) is 10.5. The first-order valence-electron chi connectivity index (χ1n) is 5.08. The number of nitrogens with one attached hydrogen (secondary N) is 1. The molecule has 0 heterocycles. The monoisotopic (exact) mass is 221 g/mol. The van der Waals surface area contributed by atoms with Gasteiger partial charge in [0.1, 0.15) is 0 Å². The average Bonchev–Trinajstić information content (AvgIpc) is 2.17. The van der Waals surface area contributed by atoms with Crippen molar-refractivity contribution in [2.45, 2.75) is 25.8 Å². The summed E-state index contributed by atoms with van der Waals surface area (Å²) in [6.45, 7) is 8.34. The van der Waals surface area contributed by atoms with Crippen molar-refractivity contribution >= 4 is 11.8 Å². The Morgan fingerprint density at radius 1 is 1.33 bits per heavy atom. The van der Waals surface area contributed by atoms with Crippen molar-refractivity contribution in [3.8, 4) is 0 Å². The summed E-state index contributed by atoms with van der Waals surface area (Å²) in [5, 5.41) is 4.45. The highest BCUT2D eigenvalue weighted by atomic mass is 32.2. The number of thioether (sulfide) groups is 1. The van der Waals surface area contributed by atoms with E-state index in [1.54, 1.807) is 11.8 Å². The highest BCUT2D eigenvalue weighted by Gasteiger charge is 2.17. The summed E-state index contributed by atoms with van der Waals surface area (Å²) in [6.07, 6.45) is 3.04. The van der Waals surface area contributed by atoms with E-state index in [1.807, 2.05) is 12.3 Å². The molecular weight excluding hydrogens is 202 g/mol. The van der Waals surface area contributed by atoms with Crippen molar-refractivity contribution in [3.63, 3.8) is 0 Å². The van der Waals surface area contributed by atoms with Crippen LogP contribution in [0.4, 0.5) is 0 Å². The molecule has 0 amide bonds. The van der Waals surface area contributed by atoms with E-state index in [2.05, 4.69) is 50.0 Å². The fourth-order valence-electron chi connectivity index (χ4n) is 1.58. The van der Waals surface area contributed by atoms with Crippen molar-refractivity contribution in [3.05, 3.63) is 47.5 Å². The first-order chi connectivity index (χ1) is 7.03. The lowest BCUT2D eigenvalue weighted by molar-refractivity contribution is 0.437. The summed E-state index contributed by atoms with van der Waals surface area (Å²) in [5.41, 5.74) is 1.41. The third-order valence-electron chi connectivity index (χ3n) is 2.21. The Labute approximate surface area is 97.0 Å². The van der Waals surface area contributed by atoms with Crippen LogP contribution in [-0.2, 0) is 6.42 Å². The van der Waals surface area contributed by atoms with Crippen LogP contribution in [0.1, 0.15) is 19.4 Å². The molecule has 0 aromatic heterocycles. The Morgan fingerprint density at radius 3 is 2.47 bits per heavy atom. The van der Waals surface area contributed by atoms with Gasteiger partial charge in [-0.05, 0) is 32.1 Å². The van der Waals surface area contributed by atoms with E-state index in [4.69, 9.17) is 0 Å². The summed E-state index contributed by atoms with van der Waals surface area (Å²) in [7, 11) is 0. The Hall–Kier alpha value is -0.890. The van der Waals surface area contributed by atoms with E-state index < -0.39 is 0 Å². The molecule has 0 aliphatic carbocycles. The Morgan fingerprint density at radius 2 is 1.93 bits per heavy atom. The Balaban J connectivity index is 2.60. The molecule has 82 valence electrons. The summed E-state index contributed by atoms with van der Waals surface area (Å²) in [5.74, 6) is 0. The standard InChI is InChI=1S/C13H19NS/c1-11(15-4)14-13(2,3)10-12-8-6-5-7-9-12/h5-9,14H,1,10H2,2-4H3. The van der Waals surface area contributed by atoms with Gasteiger partial charge >= 0.3 is 0 Å². The van der Waals surface area contributed by atoms with Crippen molar-refractivity contribution in [2.75, 3.05) is 6.26 Å². The second-order valence-electron chi connectivity index (χ2n) is 4.30. The largest absolute Gasteiger partial charge is 0.375 e. The molecule has 0 saturated carbocycles. The van der Waals surface area contributed by atoms with Crippen molar-refractivity contribution in [1.29, 1.82) is 0 Å². The number of hydrogen-bond donors (Lipinski definition) is 1. The molecule has 1 nitrogen and oxygen atoms in total. The van der Waals surface area contributed by atoms with Gasteiger partial charge in [0.15, 0.2) is 0 Å². The van der Waals surface area contributed by atoms with Crippen LogP contribution >= 0.6 is 11.8 Å². The van der Waals surface area contributed by atoms with E-state index in [0.717, 1.165) is 11.4 Å². The van der Waals surface area contributed by atoms with Gasteiger partial charge in [0.05, 0.1) is 5.03 Å². The molecule has 0 unspecified atom stereocenters. The third-order valence-corrected chi connectivity index (χ3v) is 2.81. The normalized spacial score (nSPS) is 11.1. The molecule has 0 aliphatic heterocycles. The van der Waals surface area contributed by atoms with Crippen LogP contribution in [0.2, 0.25) is 0 Å². The van der Waals surface area contributed by atoms with E-state index in [-0.39, 0.29) is 5.54 Å².